The number of aliphatic hydroxyl groups is 7. The van der Waals surface area contributed by atoms with Crippen molar-refractivity contribution in [3.63, 3.8) is 0 Å². The number of hydrogen-bond acceptors (Lipinski definition) is 15. The number of carbonyl (C=O) groups excluding carboxylic acids is 2. The van der Waals surface area contributed by atoms with Gasteiger partial charge in [0.15, 0.2) is 18.7 Å². The van der Waals surface area contributed by atoms with E-state index in [-0.39, 0.29) is 26.1 Å². The molecule has 0 bridgehead atoms. The van der Waals surface area contributed by atoms with Crippen LogP contribution in [0.1, 0.15) is 284 Å². The number of carbonyl (C=O) groups is 2. The number of ether oxygens (including phenoxy) is 6. The molecule has 15 nitrogen and oxygen atoms in total. The number of rotatable bonds is 52. The van der Waals surface area contributed by atoms with Crippen LogP contribution in [0.2, 0.25) is 0 Å². The molecule has 0 spiro atoms. The smallest absolute Gasteiger partial charge is 0.306 e. The number of aliphatic hydroxyl groups excluding tert-OH is 7. The van der Waals surface area contributed by atoms with E-state index in [1.165, 1.54) is 205 Å². The molecule has 0 saturated carbocycles. The van der Waals surface area contributed by atoms with Crippen molar-refractivity contribution in [2.24, 2.45) is 0 Å². The summed E-state index contributed by atoms with van der Waals surface area (Å²) < 4.78 is 33.8. The third kappa shape index (κ3) is 34.6. The number of hydrogen-bond donors (Lipinski definition) is 7. The average Bonchev–Trinajstić information content (AvgIpc) is 3.41. The van der Waals surface area contributed by atoms with E-state index in [1.807, 2.05) is 0 Å². The van der Waals surface area contributed by atoms with Gasteiger partial charge in [0, 0.05) is 12.8 Å². The molecule has 0 radical (unpaired) electrons. The van der Waals surface area contributed by atoms with E-state index in [0.29, 0.717) is 12.8 Å². The molecule has 2 fully saturated rings. The van der Waals surface area contributed by atoms with Gasteiger partial charge in [-0.15, -0.1) is 0 Å². The molecule has 11 atom stereocenters. The van der Waals surface area contributed by atoms with Crippen molar-refractivity contribution in [1.82, 2.24) is 0 Å². The second-order valence-corrected chi connectivity index (χ2v) is 22.6. The van der Waals surface area contributed by atoms with Crippen molar-refractivity contribution in [2.45, 2.75) is 351 Å². The highest BCUT2D eigenvalue weighted by Crippen LogP contribution is 2.27. The van der Waals surface area contributed by atoms with Crippen LogP contribution >= 0.6 is 0 Å². The zero-order valence-corrected chi connectivity index (χ0v) is 48.3. The Labute approximate surface area is 461 Å². The monoisotopic (exact) mass is 1090 g/mol. The molecule has 7 N–H and O–H groups in total. The molecule has 0 amide bonds. The summed E-state index contributed by atoms with van der Waals surface area (Å²) in [6.45, 7) is 2.68. The second-order valence-electron chi connectivity index (χ2n) is 22.6. The fraction of sp³-hybridized carbons (Fsp3) is 0.967. The van der Waals surface area contributed by atoms with Gasteiger partial charge >= 0.3 is 11.9 Å². The predicted molar refractivity (Wildman–Crippen MR) is 298 cm³/mol. The van der Waals surface area contributed by atoms with Crippen molar-refractivity contribution in [1.29, 1.82) is 0 Å². The summed E-state index contributed by atoms with van der Waals surface area (Å²) >= 11 is 0. The summed E-state index contributed by atoms with van der Waals surface area (Å²) in [6.07, 6.45) is 34.1. The van der Waals surface area contributed by atoms with E-state index in [4.69, 9.17) is 28.4 Å². The molecular formula is C61H116O15. The third-order valence-corrected chi connectivity index (χ3v) is 15.6. The molecule has 2 aliphatic rings. The summed E-state index contributed by atoms with van der Waals surface area (Å²) in [5.74, 6) is -0.900. The molecule has 0 aromatic rings. The highest BCUT2D eigenvalue weighted by Gasteiger charge is 2.47. The van der Waals surface area contributed by atoms with Gasteiger partial charge in [0.05, 0.1) is 19.8 Å². The maximum atomic E-state index is 13.1. The molecule has 0 aromatic heterocycles. The SMILES string of the molecule is CCCCCCCCCCCCCCCCCCCCCCCC(=O)O[C@H](COC(=O)CCCCCCCCCCCCCCCCCCCCC)CO[C@H]1O[C@@H](CO[C@H]2O[C@@H](CO)[C@@H](O)C(O)C2O)[C@@H](O)C(O)C1O. The Kier molecular flexibility index (Phi) is 44.8. The molecule has 2 rings (SSSR count). The van der Waals surface area contributed by atoms with Crippen LogP contribution in [0.25, 0.3) is 0 Å². The van der Waals surface area contributed by atoms with Gasteiger partial charge in [-0.1, -0.05) is 258 Å². The Bertz CT molecular complexity index is 1320. The van der Waals surface area contributed by atoms with E-state index in [1.54, 1.807) is 0 Å². The minimum absolute atomic E-state index is 0.174. The summed E-state index contributed by atoms with van der Waals surface area (Å²) in [7, 11) is 0. The molecule has 15 heteroatoms. The molecular weight excluding hydrogens is 973 g/mol. The highest BCUT2D eigenvalue weighted by molar-refractivity contribution is 5.70. The quantitative estimate of drug-likeness (QED) is 0.0222. The molecule has 0 aliphatic carbocycles. The minimum atomic E-state index is -1.76. The summed E-state index contributed by atoms with van der Waals surface area (Å²) in [6, 6.07) is 0. The molecule has 76 heavy (non-hydrogen) atoms. The van der Waals surface area contributed by atoms with Crippen molar-refractivity contribution < 1.29 is 73.8 Å². The van der Waals surface area contributed by atoms with Gasteiger partial charge in [-0.25, -0.2) is 0 Å². The van der Waals surface area contributed by atoms with Crippen molar-refractivity contribution >= 4 is 11.9 Å². The van der Waals surface area contributed by atoms with Gasteiger partial charge in [0.1, 0.15) is 55.4 Å². The number of esters is 2. The minimum Gasteiger partial charge on any atom is -0.462 e. The van der Waals surface area contributed by atoms with Crippen LogP contribution in [0.3, 0.4) is 0 Å². The maximum absolute atomic E-state index is 13.1. The van der Waals surface area contributed by atoms with E-state index >= 15 is 0 Å². The lowest BCUT2D eigenvalue weighted by molar-refractivity contribution is -0.332. The summed E-state index contributed by atoms with van der Waals surface area (Å²) in [5.41, 5.74) is 0. The fourth-order valence-electron chi connectivity index (χ4n) is 10.5. The summed E-state index contributed by atoms with van der Waals surface area (Å²) in [5, 5.41) is 72.4. The second kappa shape index (κ2) is 48.2. The first-order chi connectivity index (χ1) is 37.0. The standard InChI is InChI=1S/C61H116O15/c1-3-5-7-9-11-13-15-17-19-21-23-24-26-28-30-32-34-36-38-40-42-44-53(64)74-49(46-71-52(63)43-41-39-37-35-33-31-29-27-25-22-20-18-16-14-12-10-8-6-4-2)47-72-60-59(70)57(68)55(66)51(76-60)48-73-61-58(69)56(67)54(65)50(45-62)75-61/h49-51,54-62,65-70H,3-48H2,1-2H3/t49-,50+,51+,54-,55-,56?,57?,58?,59?,60+,61+/m1/s1. The Hall–Kier alpha value is -1.50. The van der Waals surface area contributed by atoms with Crippen molar-refractivity contribution in [3.8, 4) is 0 Å². The Morgan fingerprint density at radius 1 is 0.368 bits per heavy atom. The van der Waals surface area contributed by atoms with Crippen LogP contribution < -0.4 is 0 Å². The first-order valence-electron chi connectivity index (χ1n) is 31.6. The highest BCUT2D eigenvalue weighted by atomic mass is 16.7. The largest absolute Gasteiger partial charge is 0.462 e. The van der Waals surface area contributed by atoms with Gasteiger partial charge < -0.3 is 64.2 Å². The molecule has 4 unspecified atom stereocenters. The Morgan fingerprint density at radius 3 is 1.03 bits per heavy atom. The maximum Gasteiger partial charge on any atom is 0.306 e. The summed E-state index contributed by atoms with van der Waals surface area (Å²) in [4.78, 5) is 26.0. The van der Waals surface area contributed by atoms with Crippen LogP contribution in [0, 0.1) is 0 Å². The molecule has 450 valence electrons. The lowest BCUT2D eigenvalue weighted by atomic mass is 9.98. The molecule has 2 aliphatic heterocycles. The van der Waals surface area contributed by atoms with Crippen LogP contribution in [0.15, 0.2) is 0 Å². The van der Waals surface area contributed by atoms with E-state index < -0.39 is 92.7 Å². The van der Waals surface area contributed by atoms with E-state index in [9.17, 15) is 45.3 Å². The zero-order valence-electron chi connectivity index (χ0n) is 48.3. The fourth-order valence-corrected chi connectivity index (χ4v) is 10.5. The lowest BCUT2D eigenvalue weighted by Crippen LogP contribution is -2.61. The normalized spacial score (nSPS) is 24.2. The van der Waals surface area contributed by atoms with Gasteiger partial charge in [-0.05, 0) is 12.8 Å². The molecule has 0 aromatic carbocycles. The van der Waals surface area contributed by atoms with Crippen LogP contribution in [0.4, 0.5) is 0 Å². The van der Waals surface area contributed by atoms with Gasteiger partial charge in [0.2, 0.25) is 0 Å². The van der Waals surface area contributed by atoms with Gasteiger partial charge in [-0.3, -0.25) is 9.59 Å². The van der Waals surface area contributed by atoms with Crippen LogP contribution in [-0.2, 0) is 38.0 Å². The average molecular weight is 1090 g/mol. The topological polar surface area (TPSA) is 231 Å². The van der Waals surface area contributed by atoms with Crippen LogP contribution in [-0.4, -0.2) is 142 Å². The Morgan fingerprint density at radius 2 is 0.671 bits per heavy atom. The van der Waals surface area contributed by atoms with E-state index in [0.717, 1.165) is 38.5 Å². The zero-order chi connectivity index (χ0) is 55.3. The van der Waals surface area contributed by atoms with E-state index in [2.05, 4.69) is 13.8 Å². The van der Waals surface area contributed by atoms with Gasteiger partial charge in [-0.2, -0.15) is 0 Å². The molecule has 2 heterocycles. The first kappa shape index (κ1) is 70.6. The predicted octanol–water partition coefficient (Wildman–Crippen LogP) is 11.5. The van der Waals surface area contributed by atoms with Crippen molar-refractivity contribution in [2.75, 3.05) is 26.4 Å². The van der Waals surface area contributed by atoms with Crippen LogP contribution in [0.5, 0.6) is 0 Å². The first-order valence-corrected chi connectivity index (χ1v) is 31.6. The molecule has 2 saturated heterocycles. The third-order valence-electron chi connectivity index (χ3n) is 15.6. The van der Waals surface area contributed by atoms with Gasteiger partial charge in [0.25, 0.3) is 0 Å². The Balaban J connectivity index is 1.71. The number of unbranched alkanes of at least 4 members (excludes halogenated alkanes) is 38. The van der Waals surface area contributed by atoms with Crippen molar-refractivity contribution in [3.05, 3.63) is 0 Å². The lowest BCUT2D eigenvalue weighted by Gasteiger charge is -2.42.